The number of piperidine rings is 1. The summed E-state index contributed by atoms with van der Waals surface area (Å²) in [6.07, 6.45) is 3.55. The standard InChI is InChI=1S/C18H24F2N2O2/c1-12(2)10-16(18(24)22-8-4-3-5-9-22)21-17(23)13-6-7-14(19)15(20)11-13/h6-7,11-12,16H,3-5,8-10H2,1-2H3,(H,21,23)/t16-/m0/s1. The molecule has 2 rings (SSSR count). The zero-order valence-corrected chi connectivity index (χ0v) is 14.1. The van der Waals surface area contributed by atoms with Gasteiger partial charge < -0.3 is 10.2 Å². The van der Waals surface area contributed by atoms with Crippen molar-refractivity contribution in [3.05, 3.63) is 35.4 Å². The molecule has 1 N–H and O–H groups in total. The lowest BCUT2D eigenvalue weighted by Crippen LogP contribution is -2.50. The molecular formula is C18H24F2N2O2. The second-order valence-corrected chi connectivity index (χ2v) is 6.67. The number of amides is 2. The van der Waals surface area contributed by atoms with E-state index in [2.05, 4.69) is 5.32 Å². The molecule has 0 radical (unpaired) electrons. The van der Waals surface area contributed by atoms with Gasteiger partial charge in [0.2, 0.25) is 5.91 Å². The highest BCUT2D eigenvalue weighted by Gasteiger charge is 2.28. The molecule has 1 heterocycles. The number of hydrogen-bond acceptors (Lipinski definition) is 2. The Balaban J connectivity index is 2.10. The van der Waals surface area contributed by atoms with Crippen LogP contribution in [0.1, 0.15) is 49.9 Å². The maximum Gasteiger partial charge on any atom is 0.252 e. The monoisotopic (exact) mass is 338 g/mol. The summed E-state index contributed by atoms with van der Waals surface area (Å²) in [5.41, 5.74) is 0.00843. The van der Waals surface area contributed by atoms with Gasteiger partial charge in [-0.25, -0.2) is 8.78 Å². The van der Waals surface area contributed by atoms with Crippen molar-refractivity contribution < 1.29 is 18.4 Å². The molecule has 1 fully saturated rings. The Morgan fingerprint density at radius 2 is 1.79 bits per heavy atom. The first-order valence-electron chi connectivity index (χ1n) is 8.43. The fraction of sp³-hybridized carbons (Fsp3) is 0.556. The van der Waals surface area contributed by atoms with Gasteiger partial charge in [-0.2, -0.15) is 0 Å². The minimum absolute atomic E-state index is 0.00843. The lowest BCUT2D eigenvalue weighted by Gasteiger charge is -2.31. The maximum atomic E-state index is 13.3. The van der Waals surface area contributed by atoms with E-state index >= 15 is 0 Å². The minimum atomic E-state index is -1.08. The van der Waals surface area contributed by atoms with E-state index in [0.717, 1.165) is 31.4 Å². The van der Waals surface area contributed by atoms with Crippen LogP contribution in [0.15, 0.2) is 18.2 Å². The van der Waals surface area contributed by atoms with Crippen LogP contribution in [0, 0.1) is 17.6 Å². The number of nitrogens with zero attached hydrogens (tertiary/aromatic N) is 1. The summed E-state index contributed by atoms with van der Waals surface area (Å²) < 4.78 is 26.3. The van der Waals surface area contributed by atoms with Crippen molar-refractivity contribution in [1.82, 2.24) is 10.2 Å². The van der Waals surface area contributed by atoms with E-state index < -0.39 is 23.6 Å². The van der Waals surface area contributed by atoms with Crippen LogP contribution in [-0.4, -0.2) is 35.8 Å². The summed E-state index contributed by atoms with van der Waals surface area (Å²) in [5.74, 6) is -2.53. The molecular weight excluding hydrogens is 314 g/mol. The van der Waals surface area contributed by atoms with Gasteiger partial charge in [0.25, 0.3) is 5.91 Å². The summed E-state index contributed by atoms with van der Waals surface area (Å²) in [6, 6.07) is 2.33. The Kier molecular flexibility index (Phi) is 6.29. The number of halogens is 2. The van der Waals surface area contributed by atoms with Crippen LogP contribution in [0.3, 0.4) is 0 Å². The van der Waals surface area contributed by atoms with E-state index in [-0.39, 0.29) is 17.4 Å². The van der Waals surface area contributed by atoms with Crippen molar-refractivity contribution >= 4 is 11.8 Å². The molecule has 0 spiro atoms. The maximum absolute atomic E-state index is 13.3. The van der Waals surface area contributed by atoms with Crippen LogP contribution < -0.4 is 5.32 Å². The van der Waals surface area contributed by atoms with Gasteiger partial charge in [0.05, 0.1) is 0 Å². The Labute approximate surface area is 141 Å². The van der Waals surface area contributed by atoms with Crippen molar-refractivity contribution in [2.24, 2.45) is 5.92 Å². The number of carbonyl (C=O) groups excluding carboxylic acids is 2. The summed E-state index contributed by atoms with van der Waals surface area (Å²) in [6.45, 7) is 5.35. The number of benzene rings is 1. The number of hydrogen-bond donors (Lipinski definition) is 1. The van der Waals surface area contributed by atoms with E-state index in [4.69, 9.17) is 0 Å². The van der Waals surface area contributed by atoms with Gasteiger partial charge in [0.15, 0.2) is 11.6 Å². The molecule has 1 saturated heterocycles. The predicted octanol–water partition coefficient (Wildman–Crippen LogP) is 3.12. The van der Waals surface area contributed by atoms with Crippen LogP contribution in [0.25, 0.3) is 0 Å². The van der Waals surface area contributed by atoms with Crippen molar-refractivity contribution in [2.45, 2.75) is 45.6 Å². The first-order chi connectivity index (χ1) is 11.4. The summed E-state index contributed by atoms with van der Waals surface area (Å²) in [4.78, 5) is 26.8. The summed E-state index contributed by atoms with van der Waals surface area (Å²) in [5, 5.41) is 2.69. The van der Waals surface area contributed by atoms with E-state index in [1.165, 1.54) is 6.07 Å². The highest BCUT2D eigenvalue weighted by Crippen LogP contribution is 2.15. The fourth-order valence-electron chi connectivity index (χ4n) is 2.91. The molecule has 24 heavy (non-hydrogen) atoms. The molecule has 0 aliphatic carbocycles. The summed E-state index contributed by atoms with van der Waals surface area (Å²) in [7, 11) is 0. The van der Waals surface area contributed by atoms with Crippen LogP contribution in [0.2, 0.25) is 0 Å². The average molecular weight is 338 g/mol. The lowest BCUT2D eigenvalue weighted by molar-refractivity contribution is -0.134. The predicted molar refractivity (Wildman–Crippen MR) is 87.5 cm³/mol. The third-order valence-corrected chi connectivity index (χ3v) is 4.16. The molecule has 0 bridgehead atoms. The molecule has 1 aromatic rings. The van der Waals surface area contributed by atoms with Crippen LogP contribution >= 0.6 is 0 Å². The molecule has 1 aliphatic rings. The number of likely N-dealkylation sites (tertiary alicyclic amines) is 1. The smallest absolute Gasteiger partial charge is 0.252 e. The average Bonchev–Trinajstić information content (AvgIpc) is 2.56. The van der Waals surface area contributed by atoms with Gasteiger partial charge in [-0.05, 0) is 49.8 Å². The molecule has 4 nitrogen and oxygen atoms in total. The number of rotatable bonds is 5. The second-order valence-electron chi connectivity index (χ2n) is 6.67. The van der Waals surface area contributed by atoms with Crippen molar-refractivity contribution in [3.63, 3.8) is 0 Å². The van der Waals surface area contributed by atoms with Gasteiger partial charge >= 0.3 is 0 Å². The number of carbonyl (C=O) groups is 2. The third kappa shape index (κ3) is 4.76. The van der Waals surface area contributed by atoms with Crippen molar-refractivity contribution in [1.29, 1.82) is 0 Å². The van der Waals surface area contributed by atoms with Gasteiger partial charge in [-0.15, -0.1) is 0 Å². The largest absolute Gasteiger partial charge is 0.341 e. The molecule has 0 saturated carbocycles. The third-order valence-electron chi connectivity index (χ3n) is 4.16. The number of nitrogens with one attached hydrogen (secondary N) is 1. The SMILES string of the molecule is CC(C)C[C@H](NC(=O)c1ccc(F)c(F)c1)C(=O)N1CCCCC1. The Bertz CT molecular complexity index is 599. The highest BCUT2D eigenvalue weighted by atomic mass is 19.2. The molecule has 1 atom stereocenters. The van der Waals surface area contributed by atoms with Crippen LogP contribution in [0.4, 0.5) is 8.78 Å². The van der Waals surface area contributed by atoms with Gasteiger partial charge in [0, 0.05) is 18.7 Å². The lowest BCUT2D eigenvalue weighted by atomic mass is 10.0. The highest BCUT2D eigenvalue weighted by molar-refractivity contribution is 5.97. The fourth-order valence-corrected chi connectivity index (χ4v) is 2.91. The molecule has 1 aromatic carbocycles. The first kappa shape index (κ1) is 18.4. The quantitative estimate of drug-likeness (QED) is 0.897. The van der Waals surface area contributed by atoms with E-state index in [0.29, 0.717) is 19.5 Å². The minimum Gasteiger partial charge on any atom is -0.341 e. The Hall–Kier alpha value is -1.98. The molecule has 2 amide bonds. The van der Waals surface area contributed by atoms with E-state index in [9.17, 15) is 18.4 Å². The Morgan fingerprint density at radius 3 is 2.38 bits per heavy atom. The molecule has 6 heteroatoms. The molecule has 132 valence electrons. The van der Waals surface area contributed by atoms with Crippen LogP contribution in [-0.2, 0) is 4.79 Å². The topological polar surface area (TPSA) is 49.4 Å². The zero-order valence-electron chi connectivity index (χ0n) is 14.1. The molecule has 0 aromatic heterocycles. The van der Waals surface area contributed by atoms with E-state index in [1.807, 2.05) is 13.8 Å². The second kappa shape index (κ2) is 8.22. The van der Waals surface area contributed by atoms with Crippen LogP contribution in [0.5, 0.6) is 0 Å². The van der Waals surface area contributed by atoms with Crippen molar-refractivity contribution in [2.75, 3.05) is 13.1 Å². The van der Waals surface area contributed by atoms with Gasteiger partial charge in [-0.1, -0.05) is 13.8 Å². The van der Waals surface area contributed by atoms with Gasteiger partial charge in [-0.3, -0.25) is 9.59 Å². The zero-order chi connectivity index (χ0) is 17.7. The first-order valence-corrected chi connectivity index (χ1v) is 8.43. The molecule has 0 unspecified atom stereocenters. The summed E-state index contributed by atoms with van der Waals surface area (Å²) >= 11 is 0. The Morgan fingerprint density at radius 1 is 1.12 bits per heavy atom. The van der Waals surface area contributed by atoms with Gasteiger partial charge in [0.1, 0.15) is 6.04 Å². The van der Waals surface area contributed by atoms with E-state index in [1.54, 1.807) is 4.90 Å². The van der Waals surface area contributed by atoms with Crippen molar-refractivity contribution in [3.8, 4) is 0 Å². The normalized spacial score (nSPS) is 16.1. The molecule has 1 aliphatic heterocycles.